The SMILES string of the molecule is CN(C)[C@@H]1CCN(Cc2cnc(-c3ccc(Cl)cc3)nc2)C[C@@H]1CCCO. The number of likely N-dealkylation sites (tertiary alicyclic amines) is 1. The minimum atomic E-state index is 0.274. The van der Waals surface area contributed by atoms with E-state index in [1.54, 1.807) is 0 Å². The Morgan fingerprint density at radius 3 is 2.52 bits per heavy atom. The van der Waals surface area contributed by atoms with E-state index in [9.17, 15) is 5.11 Å². The fourth-order valence-electron chi connectivity index (χ4n) is 4.00. The van der Waals surface area contributed by atoms with Gasteiger partial charge in [-0.15, -0.1) is 0 Å². The molecule has 1 aliphatic heterocycles. The van der Waals surface area contributed by atoms with Crippen molar-refractivity contribution in [2.45, 2.75) is 31.8 Å². The van der Waals surface area contributed by atoms with E-state index in [2.05, 4.69) is 33.9 Å². The molecule has 5 nitrogen and oxygen atoms in total. The maximum absolute atomic E-state index is 9.21. The second kappa shape index (κ2) is 9.60. The molecule has 1 aromatic heterocycles. The summed E-state index contributed by atoms with van der Waals surface area (Å²) in [7, 11) is 4.32. The van der Waals surface area contributed by atoms with Crippen LogP contribution >= 0.6 is 11.6 Å². The molecule has 0 saturated carbocycles. The van der Waals surface area contributed by atoms with Gasteiger partial charge in [0.25, 0.3) is 0 Å². The second-order valence-electron chi connectivity index (χ2n) is 7.60. The zero-order chi connectivity index (χ0) is 19.2. The summed E-state index contributed by atoms with van der Waals surface area (Å²) in [5, 5.41) is 9.92. The Bertz CT molecular complexity index is 705. The van der Waals surface area contributed by atoms with Crippen LogP contribution in [0.2, 0.25) is 5.02 Å². The maximum Gasteiger partial charge on any atom is 0.159 e. The number of halogens is 1. The zero-order valence-corrected chi connectivity index (χ0v) is 16.9. The average Bonchev–Trinajstić information content (AvgIpc) is 2.67. The number of hydrogen-bond acceptors (Lipinski definition) is 5. The number of aliphatic hydroxyl groups is 1. The molecular formula is C21H29ClN4O. The van der Waals surface area contributed by atoms with Gasteiger partial charge in [-0.25, -0.2) is 9.97 Å². The van der Waals surface area contributed by atoms with Gasteiger partial charge in [0.15, 0.2) is 5.82 Å². The lowest BCUT2D eigenvalue weighted by Crippen LogP contribution is -2.48. The van der Waals surface area contributed by atoms with Crippen LogP contribution in [-0.4, -0.2) is 64.7 Å². The van der Waals surface area contributed by atoms with Crippen molar-refractivity contribution in [2.75, 3.05) is 33.8 Å². The van der Waals surface area contributed by atoms with E-state index in [0.717, 1.165) is 55.8 Å². The molecule has 1 fully saturated rings. The summed E-state index contributed by atoms with van der Waals surface area (Å²) < 4.78 is 0. The van der Waals surface area contributed by atoms with Crippen molar-refractivity contribution >= 4 is 11.6 Å². The lowest BCUT2D eigenvalue weighted by atomic mass is 9.87. The third-order valence-corrected chi connectivity index (χ3v) is 5.64. The molecule has 1 N–H and O–H groups in total. The number of nitrogens with zero attached hydrogens (tertiary/aromatic N) is 4. The summed E-state index contributed by atoms with van der Waals surface area (Å²) in [5.74, 6) is 1.32. The molecule has 6 heteroatoms. The molecule has 2 aromatic rings. The lowest BCUT2D eigenvalue weighted by molar-refractivity contribution is 0.0716. The summed E-state index contributed by atoms with van der Waals surface area (Å²) in [6, 6.07) is 8.19. The molecule has 1 aromatic carbocycles. The molecule has 2 atom stereocenters. The number of aromatic nitrogens is 2. The predicted molar refractivity (Wildman–Crippen MR) is 110 cm³/mol. The molecule has 1 saturated heterocycles. The Balaban J connectivity index is 1.62. The van der Waals surface area contributed by atoms with Gasteiger partial charge >= 0.3 is 0 Å². The molecule has 2 heterocycles. The van der Waals surface area contributed by atoms with Crippen LogP contribution in [0.5, 0.6) is 0 Å². The molecule has 27 heavy (non-hydrogen) atoms. The minimum absolute atomic E-state index is 0.274. The fourth-order valence-corrected chi connectivity index (χ4v) is 4.12. The van der Waals surface area contributed by atoms with Crippen molar-refractivity contribution in [2.24, 2.45) is 5.92 Å². The smallest absolute Gasteiger partial charge is 0.159 e. The summed E-state index contributed by atoms with van der Waals surface area (Å²) in [6.45, 7) is 3.28. The van der Waals surface area contributed by atoms with E-state index in [-0.39, 0.29) is 6.61 Å². The zero-order valence-electron chi connectivity index (χ0n) is 16.2. The molecule has 146 valence electrons. The van der Waals surface area contributed by atoms with E-state index < -0.39 is 0 Å². The molecule has 0 radical (unpaired) electrons. The summed E-state index contributed by atoms with van der Waals surface area (Å²) in [4.78, 5) is 13.9. The van der Waals surface area contributed by atoms with E-state index in [4.69, 9.17) is 11.6 Å². The summed E-state index contributed by atoms with van der Waals surface area (Å²) in [6.07, 6.45) is 6.96. The van der Waals surface area contributed by atoms with Crippen LogP contribution in [0, 0.1) is 5.92 Å². The van der Waals surface area contributed by atoms with Crippen LogP contribution < -0.4 is 0 Å². The van der Waals surface area contributed by atoms with Crippen molar-refractivity contribution in [3.05, 3.63) is 47.2 Å². The quantitative estimate of drug-likeness (QED) is 0.788. The Morgan fingerprint density at radius 1 is 1.19 bits per heavy atom. The average molecular weight is 389 g/mol. The van der Waals surface area contributed by atoms with Gasteiger partial charge in [-0.1, -0.05) is 11.6 Å². The van der Waals surface area contributed by atoms with Gasteiger partial charge < -0.3 is 10.0 Å². The van der Waals surface area contributed by atoms with E-state index in [0.29, 0.717) is 17.0 Å². The first-order valence-corrected chi connectivity index (χ1v) is 10.0. The van der Waals surface area contributed by atoms with Gasteiger partial charge in [-0.05, 0) is 70.1 Å². The Hall–Kier alpha value is -1.53. The van der Waals surface area contributed by atoms with Crippen molar-refractivity contribution in [3.8, 4) is 11.4 Å². The molecule has 1 aliphatic rings. The number of piperidine rings is 1. The Labute approximate surface area is 167 Å². The van der Waals surface area contributed by atoms with Gasteiger partial charge in [0.1, 0.15) is 0 Å². The highest BCUT2D eigenvalue weighted by molar-refractivity contribution is 6.30. The van der Waals surface area contributed by atoms with Gasteiger partial charge in [0.2, 0.25) is 0 Å². The van der Waals surface area contributed by atoms with Crippen molar-refractivity contribution < 1.29 is 5.11 Å². The van der Waals surface area contributed by atoms with Crippen LogP contribution in [0.1, 0.15) is 24.8 Å². The third-order valence-electron chi connectivity index (χ3n) is 5.39. The Morgan fingerprint density at radius 2 is 1.89 bits per heavy atom. The standard InChI is InChI=1S/C21H29ClN4O/c1-25(2)20-9-10-26(15-18(20)4-3-11-27)14-16-12-23-21(24-13-16)17-5-7-19(22)8-6-17/h5-8,12-13,18,20,27H,3-4,9-11,14-15H2,1-2H3/t18-,20+/m0/s1. The van der Waals surface area contributed by atoms with Crippen LogP contribution in [0.15, 0.2) is 36.7 Å². The number of aliphatic hydroxyl groups excluding tert-OH is 1. The highest BCUT2D eigenvalue weighted by atomic mass is 35.5. The van der Waals surface area contributed by atoms with E-state index >= 15 is 0 Å². The second-order valence-corrected chi connectivity index (χ2v) is 8.04. The molecule has 0 bridgehead atoms. The fraction of sp³-hybridized carbons (Fsp3) is 0.524. The van der Waals surface area contributed by atoms with E-state index in [1.165, 1.54) is 0 Å². The number of rotatable bonds is 7. The molecular weight excluding hydrogens is 360 g/mol. The lowest BCUT2D eigenvalue weighted by Gasteiger charge is -2.41. The van der Waals surface area contributed by atoms with Crippen molar-refractivity contribution in [3.63, 3.8) is 0 Å². The maximum atomic E-state index is 9.21. The number of hydrogen-bond donors (Lipinski definition) is 1. The summed E-state index contributed by atoms with van der Waals surface area (Å²) >= 11 is 5.94. The highest BCUT2D eigenvalue weighted by Crippen LogP contribution is 2.26. The topological polar surface area (TPSA) is 52.5 Å². The summed E-state index contributed by atoms with van der Waals surface area (Å²) in [5.41, 5.74) is 2.11. The van der Waals surface area contributed by atoms with Gasteiger partial charge in [-0.2, -0.15) is 0 Å². The molecule has 0 unspecified atom stereocenters. The minimum Gasteiger partial charge on any atom is -0.396 e. The molecule has 0 amide bonds. The van der Waals surface area contributed by atoms with Crippen molar-refractivity contribution in [1.29, 1.82) is 0 Å². The highest BCUT2D eigenvalue weighted by Gasteiger charge is 2.30. The molecule has 3 rings (SSSR count). The van der Waals surface area contributed by atoms with Gasteiger partial charge in [0.05, 0.1) is 0 Å². The van der Waals surface area contributed by atoms with Crippen LogP contribution in [0.25, 0.3) is 11.4 Å². The molecule has 0 aliphatic carbocycles. The largest absolute Gasteiger partial charge is 0.396 e. The third kappa shape index (κ3) is 5.48. The predicted octanol–water partition coefficient (Wildman–Crippen LogP) is 3.32. The van der Waals surface area contributed by atoms with Crippen LogP contribution in [0.3, 0.4) is 0 Å². The van der Waals surface area contributed by atoms with Crippen molar-refractivity contribution in [1.82, 2.24) is 19.8 Å². The Kier molecular flexibility index (Phi) is 7.19. The first kappa shape index (κ1) is 20.2. The first-order chi connectivity index (χ1) is 13.1. The van der Waals surface area contributed by atoms with Gasteiger partial charge in [-0.3, -0.25) is 4.90 Å². The van der Waals surface area contributed by atoms with E-state index in [1.807, 2.05) is 36.7 Å². The first-order valence-electron chi connectivity index (χ1n) is 9.63. The van der Waals surface area contributed by atoms with Crippen LogP contribution in [-0.2, 0) is 6.54 Å². The molecule has 0 spiro atoms. The van der Waals surface area contributed by atoms with Crippen LogP contribution in [0.4, 0.5) is 0 Å². The monoisotopic (exact) mass is 388 g/mol. The number of benzene rings is 1. The normalized spacial score (nSPS) is 20.9. The van der Waals surface area contributed by atoms with Gasteiger partial charge in [0, 0.05) is 54.3 Å².